The predicted octanol–water partition coefficient (Wildman–Crippen LogP) is 1.56. The number of aliphatic hydroxyl groups excluding tert-OH is 1. The highest BCUT2D eigenvalue weighted by molar-refractivity contribution is 7.91. The van der Waals surface area contributed by atoms with Gasteiger partial charge in [0.05, 0.1) is 4.90 Å². The fraction of sp³-hybridized carbons (Fsp3) is 0.0909. The summed E-state index contributed by atoms with van der Waals surface area (Å²) in [6, 6.07) is 12.3. The Morgan fingerprint density at radius 1 is 1.00 bits per heavy atom. The van der Waals surface area contributed by atoms with Gasteiger partial charge in [-0.3, -0.25) is 0 Å². The van der Waals surface area contributed by atoms with Crippen LogP contribution in [0.5, 0.6) is 0 Å². The molecule has 0 spiro atoms. The molecule has 2 aromatic rings. The summed E-state index contributed by atoms with van der Waals surface area (Å²) < 4.78 is 22.8. The number of benzene rings is 2. The number of rotatable bonds is 2. The third-order valence-electron chi connectivity index (χ3n) is 2.25. The van der Waals surface area contributed by atoms with Crippen molar-refractivity contribution in [3.8, 4) is 0 Å². The van der Waals surface area contributed by atoms with Crippen LogP contribution in [0.1, 0.15) is 0 Å². The first kappa shape index (κ1) is 10.1. The van der Waals surface area contributed by atoms with Gasteiger partial charge in [-0.15, -0.1) is 0 Å². The first-order valence-corrected chi connectivity index (χ1v) is 6.11. The number of sulfone groups is 1. The smallest absolute Gasteiger partial charge is 0.202 e. The third kappa shape index (κ3) is 1.86. The monoisotopic (exact) mass is 222 g/mol. The van der Waals surface area contributed by atoms with E-state index >= 15 is 0 Å². The second kappa shape index (κ2) is 3.64. The molecule has 0 fully saturated rings. The Kier molecular flexibility index (Phi) is 2.46. The Balaban J connectivity index is 2.67. The lowest BCUT2D eigenvalue weighted by Crippen LogP contribution is -2.05. The van der Waals surface area contributed by atoms with Gasteiger partial charge in [-0.2, -0.15) is 0 Å². The van der Waals surface area contributed by atoms with Crippen molar-refractivity contribution >= 4 is 20.6 Å². The predicted molar refractivity (Wildman–Crippen MR) is 58.2 cm³/mol. The molecule has 3 nitrogen and oxygen atoms in total. The van der Waals surface area contributed by atoms with Crippen LogP contribution in [0.2, 0.25) is 0 Å². The standard InChI is InChI=1S/C11H10O3S/c12-8-15(13,14)11-6-5-9-3-1-2-4-10(9)7-11/h1-7,12H,8H2. The lowest BCUT2D eigenvalue weighted by Gasteiger charge is -2.02. The SMILES string of the molecule is O=S(=O)(CO)c1ccc2ccccc2c1. The van der Waals surface area contributed by atoms with Crippen LogP contribution in [0.15, 0.2) is 47.4 Å². The minimum Gasteiger partial charge on any atom is -0.380 e. The molecule has 4 heteroatoms. The van der Waals surface area contributed by atoms with Crippen molar-refractivity contribution in [2.45, 2.75) is 4.90 Å². The quantitative estimate of drug-likeness (QED) is 0.839. The summed E-state index contributed by atoms with van der Waals surface area (Å²) in [5.41, 5.74) is 0. The van der Waals surface area contributed by atoms with E-state index in [1.165, 1.54) is 6.07 Å². The number of hydrogen-bond acceptors (Lipinski definition) is 3. The van der Waals surface area contributed by atoms with Crippen LogP contribution in [-0.4, -0.2) is 19.5 Å². The molecule has 0 amide bonds. The molecule has 0 aliphatic carbocycles. The van der Waals surface area contributed by atoms with Crippen LogP contribution in [0.3, 0.4) is 0 Å². The normalized spacial score (nSPS) is 11.8. The highest BCUT2D eigenvalue weighted by Gasteiger charge is 2.12. The number of hydrogen-bond donors (Lipinski definition) is 1. The van der Waals surface area contributed by atoms with E-state index in [1.807, 2.05) is 24.3 Å². The molecule has 2 aromatic carbocycles. The first-order valence-electron chi connectivity index (χ1n) is 4.46. The van der Waals surface area contributed by atoms with Gasteiger partial charge in [0.1, 0.15) is 5.94 Å². The average molecular weight is 222 g/mol. The maximum Gasteiger partial charge on any atom is 0.202 e. The van der Waals surface area contributed by atoms with Crippen LogP contribution >= 0.6 is 0 Å². The van der Waals surface area contributed by atoms with Gasteiger partial charge in [0, 0.05) is 0 Å². The summed E-state index contributed by atoms with van der Waals surface area (Å²) in [6.45, 7) is 0. The lowest BCUT2D eigenvalue weighted by molar-refractivity contribution is 0.358. The zero-order valence-corrected chi connectivity index (χ0v) is 8.74. The second-order valence-electron chi connectivity index (χ2n) is 3.25. The topological polar surface area (TPSA) is 54.4 Å². The molecular weight excluding hydrogens is 212 g/mol. The van der Waals surface area contributed by atoms with E-state index in [0.717, 1.165) is 10.8 Å². The van der Waals surface area contributed by atoms with Crippen molar-refractivity contribution in [1.82, 2.24) is 0 Å². The second-order valence-corrected chi connectivity index (χ2v) is 5.21. The van der Waals surface area contributed by atoms with Crippen molar-refractivity contribution in [3.05, 3.63) is 42.5 Å². The van der Waals surface area contributed by atoms with E-state index in [-0.39, 0.29) is 4.90 Å². The van der Waals surface area contributed by atoms with E-state index < -0.39 is 15.8 Å². The molecule has 15 heavy (non-hydrogen) atoms. The Hall–Kier alpha value is -1.39. The Morgan fingerprint density at radius 2 is 1.67 bits per heavy atom. The van der Waals surface area contributed by atoms with Gasteiger partial charge in [-0.05, 0) is 22.9 Å². The van der Waals surface area contributed by atoms with Crippen molar-refractivity contribution in [2.75, 3.05) is 5.94 Å². The van der Waals surface area contributed by atoms with Gasteiger partial charge in [0.25, 0.3) is 0 Å². The van der Waals surface area contributed by atoms with Gasteiger partial charge in [0.2, 0.25) is 9.84 Å². The molecule has 2 rings (SSSR count). The van der Waals surface area contributed by atoms with E-state index in [0.29, 0.717) is 0 Å². The Labute approximate surface area is 87.9 Å². The van der Waals surface area contributed by atoms with Crippen LogP contribution in [-0.2, 0) is 9.84 Å². The van der Waals surface area contributed by atoms with E-state index in [1.54, 1.807) is 12.1 Å². The Morgan fingerprint density at radius 3 is 2.33 bits per heavy atom. The minimum atomic E-state index is -3.53. The van der Waals surface area contributed by atoms with Gasteiger partial charge in [-0.25, -0.2) is 8.42 Å². The molecule has 0 aliphatic heterocycles. The molecule has 0 unspecified atom stereocenters. The van der Waals surface area contributed by atoms with Gasteiger partial charge < -0.3 is 5.11 Å². The molecule has 0 radical (unpaired) electrons. The molecule has 78 valence electrons. The molecule has 0 saturated carbocycles. The molecule has 1 N–H and O–H groups in total. The van der Waals surface area contributed by atoms with E-state index in [4.69, 9.17) is 5.11 Å². The lowest BCUT2D eigenvalue weighted by atomic mass is 10.1. The first-order chi connectivity index (χ1) is 7.13. The molecule has 0 atom stereocenters. The Bertz CT molecular complexity index is 588. The summed E-state index contributed by atoms with van der Waals surface area (Å²) in [7, 11) is -3.53. The van der Waals surface area contributed by atoms with Gasteiger partial charge in [0.15, 0.2) is 0 Å². The van der Waals surface area contributed by atoms with Crippen molar-refractivity contribution in [3.63, 3.8) is 0 Å². The minimum absolute atomic E-state index is 0.156. The fourth-order valence-electron chi connectivity index (χ4n) is 1.44. The van der Waals surface area contributed by atoms with Crippen LogP contribution in [0.25, 0.3) is 10.8 Å². The number of aliphatic hydroxyl groups is 1. The van der Waals surface area contributed by atoms with Gasteiger partial charge in [-0.1, -0.05) is 30.3 Å². The van der Waals surface area contributed by atoms with Crippen LogP contribution in [0.4, 0.5) is 0 Å². The molecule has 0 heterocycles. The third-order valence-corrected chi connectivity index (χ3v) is 3.56. The molecule has 0 aliphatic rings. The molecule has 0 aromatic heterocycles. The van der Waals surface area contributed by atoms with Crippen LogP contribution in [0, 0.1) is 0 Å². The van der Waals surface area contributed by atoms with E-state index in [9.17, 15) is 8.42 Å². The highest BCUT2D eigenvalue weighted by atomic mass is 32.2. The molecule has 0 bridgehead atoms. The molecule has 0 saturated heterocycles. The summed E-state index contributed by atoms with van der Waals surface area (Å²) in [4.78, 5) is 0.156. The van der Waals surface area contributed by atoms with Crippen molar-refractivity contribution < 1.29 is 13.5 Å². The zero-order chi connectivity index (χ0) is 10.9. The number of fused-ring (bicyclic) bond motifs is 1. The van der Waals surface area contributed by atoms with Gasteiger partial charge >= 0.3 is 0 Å². The van der Waals surface area contributed by atoms with Crippen LogP contribution < -0.4 is 0 Å². The highest BCUT2D eigenvalue weighted by Crippen LogP contribution is 2.19. The summed E-state index contributed by atoms with van der Waals surface area (Å²) >= 11 is 0. The fourth-order valence-corrected chi connectivity index (χ4v) is 2.17. The maximum atomic E-state index is 11.4. The zero-order valence-electron chi connectivity index (χ0n) is 7.92. The van der Waals surface area contributed by atoms with Crippen molar-refractivity contribution in [1.29, 1.82) is 0 Å². The van der Waals surface area contributed by atoms with E-state index in [2.05, 4.69) is 0 Å². The largest absolute Gasteiger partial charge is 0.380 e. The summed E-state index contributed by atoms with van der Waals surface area (Å²) in [5.74, 6) is -0.856. The average Bonchev–Trinajstić information content (AvgIpc) is 2.28. The molecular formula is C11H10O3S. The summed E-state index contributed by atoms with van der Waals surface area (Å²) in [6.07, 6.45) is 0. The van der Waals surface area contributed by atoms with Crippen molar-refractivity contribution in [2.24, 2.45) is 0 Å². The summed E-state index contributed by atoms with van der Waals surface area (Å²) in [5, 5.41) is 10.6. The maximum absolute atomic E-state index is 11.4.